The van der Waals surface area contributed by atoms with Gasteiger partial charge in [0.25, 0.3) is 0 Å². The minimum atomic E-state index is -1.31. The van der Waals surface area contributed by atoms with Crippen LogP contribution < -0.4 is 0 Å². The Balaban J connectivity index is 1.95. The molecule has 0 aromatic rings. The predicted molar refractivity (Wildman–Crippen MR) is 68.1 cm³/mol. The van der Waals surface area contributed by atoms with Gasteiger partial charge in [-0.1, -0.05) is 20.8 Å². The van der Waals surface area contributed by atoms with Gasteiger partial charge in [0.1, 0.15) is 6.79 Å². The van der Waals surface area contributed by atoms with E-state index in [4.69, 9.17) is 24.4 Å². The SMILES string of the molecule is CCC(C)(C)C(O)OCCOCOC1CC1C(O)O. The molecular weight excluding hydrogens is 252 g/mol. The summed E-state index contributed by atoms with van der Waals surface area (Å²) in [4.78, 5) is 0. The van der Waals surface area contributed by atoms with E-state index in [1.165, 1.54) is 0 Å². The first-order chi connectivity index (χ1) is 8.88. The third-order valence-electron chi connectivity index (χ3n) is 3.61. The molecule has 1 fully saturated rings. The van der Waals surface area contributed by atoms with Gasteiger partial charge < -0.3 is 29.5 Å². The van der Waals surface area contributed by atoms with Gasteiger partial charge in [-0.2, -0.15) is 0 Å². The largest absolute Gasteiger partial charge is 0.368 e. The fourth-order valence-electron chi connectivity index (χ4n) is 1.51. The van der Waals surface area contributed by atoms with Gasteiger partial charge in [-0.3, -0.25) is 0 Å². The van der Waals surface area contributed by atoms with E-state index in [0.717, 1.165) is 6.42 Å². The summed E-state index contributed by atoms with van der Waals surface area (Å²) in [6, 6.07) is 0. The van der Waals surface area contributed by atoms with Crippen LogP contribution >= 0.6 is 0 Å². The smallest absolute Gasteiger partial charge is 0.159 e. The monoisotopic (exact) mass is 278 g/mol. The standard InChI is InChI=1S/C13H26O6/c1-4-13(2,3)12(16)18-6-5-17-8-19-10-7-9(10)11(14)15/h9-12,14-16H,4-8H2,1-3H3. The van der Waals surface area contributed by atoms with Gasteiger partial charge in [0.05, 0.1) is 19.3 Å². The van der Waals surface area contributed by atoms with Gasteiger partial charge in [0.15, 0.2) is 12.6 Å². The van der Waals surface area contributed by atoms with Crippen molar-refractivity contribution in [3.05, 3.63) is 0 Å². The van der Waals surface area contributed by atoms with Gasteiger partial charge in [-0.25, -0.2) is 0 Å². The third kappa shape index (κ3) is 5.72. The van der Waals surface area contributed by atoms with Crippen LogP contribution in [0.1, 0.15) is 33.6 Å². The molecule has 3 unspecified atom stereocenters. The molecule has 6 heteroatoms. The van der Waals surface area contributed by atoms with Crippen LogP contribution in [-0.4, -0.2) is 54.0 Å². The Kier molecular flexibility index (Phi) is 6.65. The molecule has 0 radical (unpaired) electrons. The Morgan fingerprint density at radius 3 is 2.42 bits per heavy atom. The van der Waals surface area contributed by atoms with Crippen LogP contribution in [0.4, 0.5) is 0 Å². The zero-order chi connectivity index (χ0) is 14.5. The van der Waals surface area contributed by atoms with Crippen LogP contribution in [0, 0.1) is 11.3 Å². The maximum atomic E-state index is 9.76. The molecule has 3 N–H and O–H groups in total. The zero-order valence-corrected chi connectivity index (χ0v) is 11.9. The highest BCUT2D eigenvalue weighted by molar-refractivity contribution is 4.88. The van der Waals surface area contributed by atoms with Crippen molar-refractivity contribution in [1.29, 1.82) is 0 Å². The molecule has 0 heterocycles. The summed E-state index contributed by atoms with van der Waals surface area (Å²) >= 11 is 0. The maximum Gasteiger partial charge on any atom is 0.159 e. The van der Waals surface area contributed by atoms with Gasteiger partial charge in [-0.05, 0) is 12.8 Å². The van der Waals surface area contributed by atoms with E-state index < -0.39 is 12.6 Å². The Morgan fingerprint density at radius 1 is 1.21 bits per heavy atom. The number of ether oxygens (including phenoxy) is 3. The highest BCUT2D eigenvalue weighted by Crippen LogP contribution is 2.35. The van der Waals surface area contributed by atoms with Crippen LogP contribution in [0.5, 0.6) is 0 Å². The fraction of sp³-hybridized carbons (Fsp3) is 1.00. The normalized spacial score (nSPS) is 24.8. The first kappa shape index (κ1) is 16.8. The first-order valence-corrected chi connectivity index (χ1v) is 6.73. The molecule has 0 aromatic heterocycles. The Bertz CT molecular complexity index is 256. The molecule has 0 saturated heterocycles. The van der Waals surface area contributed by atoms with Crippen LogP contribution in [0.2, 0.25) is 0 Å². The zero-order valence-electron chi connectivity index (χ0n) is 11.9. The first-order valence-electron chi connectivity index (χ1n) is 6.73. The van der Waals surface area contributed by atoms with Crippen molar-refractivity contribution in [2.45, 2.75) is 52.3 Å². The van der Waals surface area contributed by atoms with Crippen molar-refractivity contribution in [3.63, 3.8) is 0 Å². The lowest BCUT2D eigenvalue weighted by atomic mass is 9.90. The molecule has 114 valence electrons. The Morgan fingerprint density at radius 2 is 1.89 bits per heavy atom. The van der Waals surface area contributed by atoms with E-state index in [1.54, 1.807) is 0 Å². The van der Waals surface area contributed by atoms with E-state index in [1.807, 2.05) is 20.8 Å². The molecule has 1 rings (SSSR count). The molecule has 3 atom stereocenters. The fourth-order valence-corrected chi connectivity index (χ4v) is 1.51. The number of rotatable bonds is 10. The summed E-state index contributed by atoms with van der Waals surface area (Å²) in [5.41, 5.74) is -0.269. The molecular formula is C13H26O6. The van der Waals surface area contributed by atoms with Crippen LogP contribution in [0.25, 0.3) is 0 Å². The van der Waals surface area contributed by atoms with E-state index >= 15 is 0 Å². The summed E-state index contributed by atoms with van der Waals surface area (Å²) in [5.74, 6) is -0.188. The van der Waals surface area contributed by atoms with Gasteiger partial charge >= 0.3 is 0 Å². The number of aliphatic hydroxyl groups is 3. The predicted octanol–water partition coefficient (Wildman–Crippen LogP) is 0.448. The molecule has 19 heavy (non-hydrogen) atoms. The van der Waals surface area contributed by atoms with Crippen molar-refractivity contribution >= 4 is 0 Å². The second-order valence-corrected chi connectivity index (χ2v) is 5.61. The minimum absolute atomic E-state index is 0.102. The average Bonchev–Trinajstić information content (AvgIpc) is 3.12. The van der Waals surface area contributed by atoms with Gasteiger partial charge in [-0.15, -0.1) is 0 Å². The van der Waals surface area contributed by atoms with Crippen LogP contribution in [0.3, 0.4) is 0 Å². The summed E-state index contributed by atoms with van der Waals surface area (Å²) in [6.45, 7) is 6.60. The molecule has 1 aliphatic rings. The van der Waals surface area contributed by atoms with Crippen molar-refractivity contribution in [1.82, 2.24) is 0 Å². The summed E-state index contributed by atoms with van der Waals surface area (Å²) in [5, 5.41) is 27.5. The molecule has 0 spiro atoms. The molecule has 0 amide bonds. The van der Waals surface area contributed by atoms with E-state index in [9.17, 15) is 5.11 Å². The quantitative estimate of drug-likeness (QED) is 0.397. The van der Waals surface area contributed by atoms with Crippen molar-refractivity contribution in [2.24, 2.45) is 11.3 Å². The molecule has 6 nitrogen and oxygen atoms in total. The van der Waals surface area contributed by atoms with Crippen LogP contribution in [-0.2, 0) is 14.2 Å². The minimum Gasteiger partial charge on any atom is -0.368 e. The van der Waals surface area contributed by atoms with Crippen molar-refractivity contribution in [3.8, 4) is 0 Å². The van der Waals surface area contributed by atoms with E-state index in [-0.39, 0.29) is 24.2 Å². The summed E-state index contributed by atoms with van der Waals surface area (Å²) in [6.07, 6.45) is -0.754. The van der Waals surface area contributed by atoms with E-state index in [2.05, 4.69) is 0 Å². The Hall–Kier alpha value is -0.240. The summed E-state index contributed by atoms with van der Waals surface area (Å²) in [7, 11) is 0. The van der Waals surface area contributed by atoms with Crippen molar-refractivity contribution < 1.29 is 29.5 Å². The molecule has 0 aliphatic heterocycles. The molecule has 0 aromatic carbocycles. The maximum absolute atomic E-state index is 9.76. The topological polar surface area (TPSA) is 88.4 Å². The number of hydrogen-bond acceptors (Lipinski definition) is 6. The number of hydrogen-bond donors (Lipinski definition) is 3. The lowest BCUT2D eigenvalue weighted by molar-refractivity contribution is -0.180. The second-order valence-electron chi connectivity index (χ2n) is 5.61. The van der Waals surface area contributed by atoms with Crippen LogP contribution in [0.15, 0.2) is 0 Å². The van der Waals surface area contributed by atoms with Crippen molar-refractivity contribution in [2.75, 3.05) is 20.0 Å². The Labute approximate surface area is 114 Å². The molecule has 0 bridgehead atoms. The molecule has 1 saturated carbocycles. The second kappa shape index (κ2) is 7.52. The summed E-state index contributed by atoms with van der Waals surface area (Å²) < 4.78 is 15.7. The lowest BCUT2D eigenvalue weighted by Gasteiger charge is -2.28. The highest BCUT2D eigenvalue weighted by atomic mass is 16.7. The highest BCUT2D eigenvalue weighted by Gasteiger charge is 2.43. The molecule has 1 aliphatic carbocycles. The van der Waals surface area contributed by atoms with E-state index in [0.29, 0.717) is 19.6 Å². The van der Waals surface area contributed by atoms with Gasteiger partial charge in [0, 0.05) is 11.3 Å². The number of aliphatic hydroxyl groups excluding tert-OH is 2. The third-order valence-corrected chi connectivity index (χ3v) is 3.61. The lowest BCUT2D eigenvalue weighted by Crippen LogP contribution is -2.32. The average molecular weight is 278 g/mol. The van der Waals surface area contributed by atoms with Gasteiger partial charge in [0.2, 0.25) is 0 Å².